The lowest BCUT2D eigenvalue weighted by Crippen LogP contribution is -2.30. The number of hydrogen-bond acceptors (Lipinski definition) is 5. The first kappa shape index (κ1) is 13.3. The van der Waals surface area contributed by atoms with Crippen LogP contribution >= 0.6 is 11.3 Å². The Labute approximate surface area is 112 Å². The number of thiazole rings is 1. The van der Waals surface area contributed by atoms with Crippen molar-refractivity contribution in [3.63, 3.8) is 0 Å². The Bertz CT molecular complexity index is 453. The van der Waals surface area contributed by atoms with Crippen molar-refractivity contribution in [3.8, 4) is 0 Å². The van der Waals surface area contributed by atoms with Gasteiger partial charge >= 0.3 is 0 Å². The van der Waals surface area contributed by atoms with Crippen molar-refractivity contribution in [2.45, 2.75) is 0 Å². The quantitative estimate of drug-likeness (QED) is 0.777. The van der Waals surface area contributed by atoms with Crippen molar-refractivity contribution >= 4 is 26.7 Å². The molecule has 0 unspecified atom stereocenters. The molecule has 1 N–H and O–H groups in total. The second kappa shape index (κ2) is 6.68. The molecule has 0 aliphatic rings. The Morgan fingerprint density at radius 1 is 1.33 bits per heavy atom. The van der Waals surface area contributed by atoms with Gasteiger partial charge in [-0.3, -0.25) is 0 Å². The van der Waals surface area contributed by atoms with Crippen LogP contribution in [-0.4, -0.2) is 45.4 Å². The number of aromatic nitrogens is 1. The molecule has 0 fully saturated rings. The number of anilines is 1. The standard InChI is InChI=1S/C13H19N3OS/c1-16(9-7-14-8-10-17-2)13-15-11-5-3-4-6-12(11)18-13/h3-6,14H,7-10H2,1-2H3. The molecule has 0 aliphatic heterocycles. The van der Waals surface area contributed by atoms with Crippen LogP contribution in [0.5, 0.6) is 0 Å². The van der Waals surface area contributed by atoms with Crippen molar-refractivity contribution in [2.24, 2.45) is 0 Å². The molecule has 2 rings (SSSR count). The summed E-state index contributed by atoms with van der Waals surface area (Å²) < 4.78 is 6.23. The van der Waals surface area contributed by atoms with Crippen molar-refractivity contribution in [3.05, 3.63) is 24.3 Å². The first-order chi connectivity index (χ1) is 8.81. The van der Waals surface area contributed by atoms with E-state index in [1.807, 2.05) is 6.07 Å². The second-order valence-corrected chi connectivity index (χ2v) is 5.14. The predicted octanol–water partition coefficient (Wildman–Crippen LogP) is 1.97. The van der Waals surface area contributed by atoms with E-state index in [0.29, 0.717) is 0 Å². The third kappa shape index (κ3) is 3.41. The maximum Gasteiger partial charge on any atom is 0.186 e. The van der Waals surface area contributed by atoms with Crippen LogP contribution in [-0.2, 0) is 4.74 Å². The normalized spacial score (nSPS) is 11.0. The molecule has 0 saturated heterocycles. The number of nitrogens with one attached hydrogen (secondary N) is 1. The molecule has 0 radical (unpaired) electrons. The monoisotopic (exact) mass is 265 g/mol. The van der Waals surface area contributed by atoms with E-state index in [4.69, 9.17) is 4.74 Å². The average molecular weight is 265 g/mol. The minimum absolute atomic E-state index is 0.755. The fraction of sp³-hybridized carbons (Fsp3) is 0.462. The number of para-hydroxylation sites is 1. The molecule has 0 aliphatic carbocycles. The van der Waals surface area contributed by atoms with Crippen LogP contribution in [0.25, 0.3) is 10.2 Å². The Kier molecular flexibility index (Phi) is 4.92. The zero-order valence-corrected chi connectivity index (χ0v) is 11.7. The summed E-state index contributed by atoms with van der Waals surface area (Å²) in [4.78, 5) is 6.80. The Hall–Kier alpha value is -1.17. The van der Waals surface area contributed by atoms with E-state index in [2.05, 4.69) is 40.4 Å². The smallest absolute Gasteiger partial charge is 0.186 e. The van der Waals surface area contributed by atoms with Gasteiger partial charge in [-0.05, 0) is 12.1 Å². The lowest BCUT2D eigenvalue weighted by atomic mass is 10.3. The molecule has 0 bridgehead atoms. The molecule has 2 aromatic rings. The fourth-order valence-corrected chi connectivity index (χ4v) is 2.62. The number of fused-ring (bicyclic) bond motifs is 1. The molecule has 98 valence electrons. The summed E-state index contributed by atoms with van der Waals surface area (Å²) in [6, 6.07) is 8.25. The van der Waals surface area contributed by atoms with Gasteiger partial charge < -0.3 is 15.0 Å². The highest BCUT2D eigenvalue weighted by atomic mass is 32.1. The van der Waals surface area contributed by atoms with Gasteiger partial charge in [0.25, 0.3) is 0 Å². The molecule has 1 aromatic carbocycles. The van der Waals surface area contributed by atoms with Gasteiger partial charge in [0.05, 0.1) is 16.8 Å². The average Bonchev–Trinajstić information content (AvgIpc) is 2.82. The summed E-state index contributed by atoms with van der Waals surface area (Å²) in [6.07, 6.45) is 0. The maximum absolute atomic E-state index is 4.99. The van der Waals surface area contributed by atoms with Gasteiger partial charge in [-0.1, -0.05) is 23.5 Å². The highest BCUT2D eigenvalue weighted by Gasteiger charge is 2.07. The van der Waals surface area contributed by atoms with E-state index < -0.39 is 0 Å². The lowest BCUT2D eigenvalue weighted by molar-refractivity contribution is 0.200. The van der Waals surface area contributed by atoms with Crippen LogP contribution in [0.3, 0.4) is 0 Å². The number of ether oxygens (including phenoxy) is 1. The van der Waals surface area contributed by atoms with Gasteiger partial charge in [-0.2, -0.15) is 0 Å². The first-order valence-corrected chi connectivity index (χ1v) is 6.89. The summed E-state index contributed by atoms with van der Waals surface area (Å²) in [5.74, 6) is 0. The van der Waals surface area contributed by atoms with E-state index in [0.717, 1.165) is 36.9 Å². The Balaban J connectivity index is 1.86. The van der Waals surface area contributed by atoms with E-state index in [1.165, 1.54) is 4.70 Å². The number of methoxy groups -OCH3 is 1. The molecule has 4 nitrogen and oxygen atoms in total. The summed E-state index contributed by atoms with van der Waals surface area (Å²) in [6.45, 7) is 3.54. The summed E-state index contributed by atoms with van der Waals surface area (Å²) >= 11 is 1.74. The van der Waals surface area contributed by atoms with Crippen LogP contribution in [0.15, 0.2) is 24.3 Å². The molecule has 5 heteroatoms. The third-order valence-electron chi connectivity index (χ3n) is 2.72. The third-order valence-corrected chi connectivity index (χ3v) is 3.87. The number of likely N-dealkylation sites (N-methyl/N-ethyl adjacent to an activating group) is 1. The maximum atomic E-state index is 4.99. The molecular weight excluding hydrogens is 246 g/mol. The van der Waals surface area contributed by atoms with Gasteiger partial charge in [0.15, 0.2) is 5.13 Å². The summed E-state index contributed by atoms with van der Waals surface area (Å²) in [5.41, 5.74) is 1.08. The van der Waals surface area contributed by atoms with Crippen molar-refractivity contribution in [1.82, 2.24) is 10.3 Å². The molecule has 0 saturated carbocycles. The molecule has 0 spiro atoms. The van der Waals surface area contributed by atoms with Gasteiger partial charge in [0, 0.05) is 33.8 Å². The minimum Gasteiger partial charge on any atom is -0.383 e. The van der Waals surface area contributed by atoms with Crippen molar-refractivity contribution in [2.75, 3.05) is 45.3 Å². The summed E-state index contributed by atoms with van der Waals surface area (Å²) in [7, 11) is 3.80. The largest absolute Gasteiger partial charge is 0.383 e. The van der Waals surface area contributed by atoms with E-state index in [1.54, 1.807) is 18.4 Å². The van der Waals surface area contributed by atoms with Gasteiger partial charge in [0.1, 0.15) is 0 Å². The van der Waals surface area contributed by atoms with Gasteiger partial charge in [0.2, 0.25) is 0 Å². The number of nitrogens with zero attached hydrogens (tertiary/aromatic N) is 2. The zero-order chi connectivity index (χ0) is 12.8. The van der Waals surface area contributed by atoms with Crippen LogP contribution in [0.4, 0.5) is 5.13 Å². The molecule has 1 heterocycles. The van der Waals surface area contributed by atoms with Crippen molar-refractivity contribution < 1.29 is 4.74 Å². The second-order valence-electron chi connectivity index (χ2n) is 4.13. The van der Waals surface area contributed by atoms with Crippen LogP contribution in [0.2, 0.25) is 0 Å². The number of benzene rings is 1. The Morgan fingerprint density at radius 2 is 2.17 bits per heavy atom. The van der Waals surface area contributed by atoms with Crippen LogP contribution in [0, 0.1) is 0 Å². The summed E-state index contributed by atoms with van der Waals surface area (Å²) in [5, 5.41) is 4.40. The van der Waals surface area contributed by atoms with Crippen molar-refractivity contribution in [1.29, 1.82) is 0 Å². The topological polar surface area (TPSA) is 37.4 Å². The molecule has 1 aromatic heterocycles. The van der Waals surface area contributed by atoms with Crippen LogP contribution in [0.1, 0.15) is 0 Å². The minimum atomic E-state index is 0.755. The molecule has 18 heavy (non-hydrogen) atoms. The Morgan fingerprint density at radius 3 is 2.94 bits per heavy atom. The molecule has 0 amide bonds. The number of hydrogen-bond donors (Lipinski definition) is 1. The SMILES string of the molecule is COCCNCCN(C)c1nc2ccccc2s1. The predicted molar refractivity (Wildman–Crippen MR) is 77.6 cm³/mol. The van der Waals surface area contributed by atoms with E-state index >= 15 is 0 Å². The molecule has 0 atom stereocenters. The van der Waals surface area contributed by atoms with E-state index in [-0.39, 0.29) is 0 Å². The fourth-order valence-electron chi connectivity index (χ4n) is 1.66. The number of rotatable bonds is 7. The first-order valence-electron chi connectivity index (χ1n) is 6.07. The van der Waals surface area contributed by atoms with Crippen LogP contribution < -0.4 is 10.2 Å². The van der Waals surface area contributed by atoms with Gasteiger partial charge in [-0.25, -0.2) is 4.98 Å². The highest BCUT2D eigenvalue weighted by Crippen LogP contribution is 2.27. The lowest BCUT2D eigenvalue weighted by Gasteiger charge is -2.15. The van der Waals surface area contributed by atoms with Gasteiger partial charge in [-0.15, -0.1) is 0 Å². The zero-order valence-electron chi connectivity index (χ0n) is 10.8. The highest BCUT2D eigenvalue weighted by molar-refractivity contribution is 7.22. The molecular formula is C13H19N3OS. The van der Waals surface area contributed by atoms with E-state index in [9.17, 15) is 0 Å².